The minimum absolute atomic E-state index is 0.245. The van der Waals surface area contributed by atoms with Gasteiger partial charge in [0.25, 0.3) is 0 Å². The zero-order chi connectivity index (χ0) is 13.0. The Balaban J connectivity index is 2.31. The molecule has 0 fully saturated rings. The zero-order valence-corrected chi connectivity index (χ0v) is 10.6. The first-order valence-corrected chi connectivity index (χ1v) is 6.31. The number of benzene rings is 2. The summed E-state index contributed by atoms with van der Waals surface area (Å²) in [5.74, 6) is -0.245. The SMILES string of the molecule is CCCc1cccc(C(N)c2ccccc2F)c1. The maximum absolute atomic E-state index is 13.7. The number of hydrogen-bond donors (Lipinski definition) is 1. The summed E-state index contributed by atoms with van der Waals surface area (Å²) in [5.41, 5.74) is 8.91. The van der Waals surface area contributed by atoms with Gasteiger partial charge in [0.1, 0.15) is 5.82 Å². The molecule has 0 spiro atoms. The number of aryl methyl sites for hydroxylation is 1. The Labute approximate surface area is 107 Å². The van der Waals surface area contributed by atoms with Crippen LogP contribution in [-0.4, -0.2) is 0 Å². The van der Waals surface area contributed by atoms with E-state index in [1.54, 1.807) is 12.1 Å². The first kappa shape index (κ1) is 12.8. The second-order valence-electron chi connectivity index (χ2n) is 4.49. The molecule has 2 N–H and O–H groups in total. The van der Waals surface area contributed by atoms with Crippen molar-refractivity contribution in [2.24, 2.45) is 5.73 Å². The smallest absolute Gasteiger partial charge is 0.128 e. The molecule has 2 aromatic rings. The van der Waals surface area contributed by atoms with Gasteiger partial charge in [0.2, 0.25) is 0 Å². The molecular formula is C16H18FN. The average molecular weight is 243 g/mol. The van der Waals surface area contributed by atoms with Crippen LogP contribution in [0.25, 0.3) is 0 Å². The van der Waals surface area contributed by atoms with Gasteiger partial charge in [0.05, 0.1) is 6.04 Å². The lowest BCUT2D eigenvalue weighted by atomic mass is 9.96. The lowest BCUT2D eigenvalue weighted by Gasteiger charge is -2.14. The van der Waals surface area contributed by atoms with Crippen molar-refractivity contribution in [1.82, 2.24) is 0 Å². The minimum atomic E-state index is -0.400. The van der Waals surface area contributed by atoms with E-state index >= 15 is 0 Å². The number of nitrogens with two attached hydrogens (primary N) is 1. The summed E-state index contributed by atoms with van der Waals surface area (Å²) in [6.07, 6.45) is 2.12. The minimum Gasteiger partial charge on any atom is -0.320 e. The molecule has 0 aliphatic carbocycles. The normalized spacial score (nSPS) is 12.4. The highest BCUT2D eigenvalue weighted by Gasteiger charge is 2.12. The molecule has 0 bridgehead atoms. The second-order valence-corrected chi connectivity index (χ2v) is 4.49. The molecule has 2 rings (SSSR count). The number of hydrogen-bond acceptors (Lipinski definition) is 1. The van der Waals surface area contributed by atoms with Crippen LogP contribution in [-0.2, 0) is 6.42 Å². The van der Waals surface area contributed by atoms with Crippen LogP contribution < -0.4 is 5.73 Å². The van der Waals surface area contributed by atoms with E-state index < -0.39 is 6.04 Å². The second kappa shape index (κ2) is 5.78. The Bertz CT molecular complexity index is 522. The Morgan fingerprint density at radius 3 is 2.61 bits per heavy atom. The van der Waals surface area contributed by atoms with Crippen LogP contribution in [0.1, 0.15) is 36.1 Å². The highest BCUT2D eigenvalue weighted by Crippen LogP contribution is 2.23. The Morgan fingerprint density at radius 2 is 1.89 bits per heavy atom. The Morgan fingerprint density at radius 1 is 1.11 bits per heavy atom. The number of halogens is 1. The van der Waals surface area contributed by atoms with E-state index in [1.807, 2.05) is 18.2 Å². The summed E-state index contributed by atoms with van der Waals surface area (Å²) in [7, 11) is 0. The topological polar surface area (TPSA) is 26.0 Å². The largest absolute Gasteiger partial charge is 0.320 e. The predicted molar refractivity (Wildman–Crippen MR) is 72.9 cm³/mol. The van der Waals surface area contributed by atoms with E-state index in [0.717, 1.165) is 18.4 Å². The molecular weight excluding hydrogens is 225 g/mol. The van der Waals surface area contributed by atoms with Gasteiger partial charge in [0, 0.05) is 5.56 Å². The fraction of sp³-hybridized carbons (Fsp3) is 0.250. The molecule has 18 heavy (non-hydrogen) atoms. The summed E-state index contributed by atoms with van der Waals surface area (Å²) in [5, 5.41) is 0. The molecule has 0 aromatic heterocycles. The fourth-order valence-corrected chi connectivity index (χ4v) is 2.14. The fourth-order valence-electron chi connectivity index (χ4n) is 2.14. The molecule has 0 saturated carbocycles. The van der Waals surface area contributed by atoms with E-state index in [9.17, 15) is 4.39 Å². The zero-order valence-electron chi connectivity index (χ0n) is 10.6. The molecule has 0 aliphatic rings. The van der Waals surface area contributed by atoms with Gasteiger partial charge >= 0.3 is 0 Å². The quantitative estimate of drug-likeness (QED) is 0.867. The third-order valence-electron chi connectivity index (χ3n) is 3.09. The summed E-state index contributed by atoms with van der Waals surface area (Å²) in [6, 6.07) is 14.4. The maximum atomic E-state index is 13.7. The predicted octanol–water partition coefficient (Wildman–Crippen LogP) is 3.83. The van der Waals surface area contributed by atoms with Gasteiger partial charge in [-0.25, -0.2) is 4.39 Å². The highest BCUT2D eigenvalue weighted by atomic mass is 19.1. The van der Waals surface area contributed by atoms with Gasteiger partial charge in [-0.05, 0) is 23.6 Å². The Hall–Kier alpha value is -1.67. The molecule has 1 nitrogen and oxygen atoms in total. The lowest BCUT2D eigenvalue weighted by molar-refractivity contribution is 0.599. The van der Waals surface area contributed by atoms with Crippen molar-refractivity contribution in [3.8, 4) is 0 Å². The van der Waals surface area contributed by atoms with Crippen molar-refractivity contribution in [3.05, 3.63) is 71.0 Å². The van der Waals surface area contributed by atoms with Crippen molar-refractivity contribution >= 4 is 0 Å². The van der Waals surface area contributed by atoms with Crippen molar-refractivity contribution < 1.29 is 4.39 Å². The lowest BCUT2D eigenvalue weighted by Crippen LogP contribution is -2.13. The van der Waals surface area contributed by atoms with Crippen LogP contribution in [0.3, 0.4) is 0 Å². The van der Waals surface area contributed by atoms with E-state index in [4.69, 9.17) is 5.73 Å². The van der Waals surface area contributed by atoms with Crippen molar-refractivity contribution in [2.45, 2.75) is 25.8 Å². The van der Waals surface area contributed by atoms with E-state index in [0.29, 0.717) is 5.56 Å². The molecule has 2 aromatic carbocycles. The maximum Gasteiger partial charge on any atom is 0.128 e. The van der Waals surface area contributed by atoms with E-state index in [-0.39, 0.29) is 5.82 Å². The average Bonchev–Trinajstić information content (AvgIpc) is 2.39. The van der Waals surface area contributed by atoms with E-state index in [1.165, 1.54) is 11.6 Å². The van der Waals surface area contributed by atoms with Crippen LogP contribution in [0.2, 0.25) is 0 Å². The van der Waals surface area contributed by atoms with Gasteiger partial charge in [-0.1, -0.05) is 55.8 Å². The summed E-state index contributed by atoms with van der Waals surface area (Å²) >= 11 is 0. The molecule has 0 radical (unpaired) electrons. The van der Waals surface area contributed by atoms with Gasteiger partial charge in [-0.3, -0.25) is 0 Å². The first-order valence-electron chi connectivity index (χ1n) is 6.31. The van der Waals surface area contributed by atoms with Crippen LogP contribution in [0.4, 0.5) is 4.39 Å². The van der Waals surface area contributed by atoms with Crippen LogP contribution in [0.5, 0.6) is 0 Å². The third kappa shape index (κ3) is 2.77. The molecule has 0 heterocycles. The molecule has 1 atom stereocenters. The molecule has 2 heteroatoms. The molecule has 1 unspecified atom stereocenters. The van der Waals surface area contributed by atoms with Crippen LogP contribution >= 0.6 is 0 Å². The summed E-state index contributed by atoms with van der Waals surface area (Å²) < 4.78 is 13.7. The van der Waals surface area contributed by atoms with Crippen molar-refractivity contribution in [1.29, 1.82) is 0 Å². The van der Waals surface area contributed by atoms with Gasteiger partial charge < -0.3 is 5.73 Å². The van der Waals surface area contributed by atoms with Crippen molar-refractivity contribution in [3.63, 3.8) is 0 Å². The first-order chi connectivity index (χ1) is 8.72. The third-order valence-corrected chi connectivity index (χ3v) is 3.09. The highest BCUT2D eigenvalue weighted by molar-refractivity contribution is 5.34. The van der Waals surface area contributed by atoms with Crippen LogP contribution in [0, 0.1) is 5.82 Å². The van der Waals surface area contributed by atoms with Crippen molar-refractivity contribution in [2.75, 3.05) is 0 Å². The van der Waals surface area contributed by atoms with Gasteiger partial charge in [-0.15, -0.1) is 0 Å². The molecule has 0 amide bonds. The number of rotatable bonds is 4. The summed E-state index contributed by atoms with van der Waals surface area (Å²) in [6.45, 7) is 2.14. The van der Waals surface area contributed by atoms with Crippen LogP contribution in [0.15, 0.2) is 48.5 Å². The molecule has 94 valence electrons. The monoisotopic (exact) mass is 243 g/mol. The molecule has 0 saturated heterocycles. The molecule has 0 aliphatic heterocycles. The summed E-state index contributed by atoms with van der Waals surface area (Å²) in [4.78, 5) is 0. The standard InChI is InChI=1S/C16H18FN/c1-2-6-12-7-5-8-13(11-12)16(18)14-9-3-4-10-15(14)17/h3-5,7-11,16H,2,6,18H2,1H3. The van der Waals surface area contributed by atoms with Gasteiger partial charge in [-0.2, -0.15) is 0 Å². The van der Waals surface area contributed by atoms with E-state index in [2.05, 4.69) is 19.1 Å². The van der Waals surface area contributed by atoms with Gasteiger partial charge in [0.15, 0.2) is 0 Å². The Kier molecular flexibility index (Phi) is 4.11.